The Labute approximate surface area is 68.2 Å². The minimum Gasteiger partial charge on any atom is -0.326 e. The fraction of sp³-hybridized carbons (Fsp3) is 0.143. The lowest BCUT2D eigenvalue weighted by Gasteiger charge is -2.04. The van der Waals surface area contributed by atoms with Crippen LogP contribution in [0.1, 0.15) is 0 Å². The second-order valence-corrected chi connectivity index (χ2v) is 2.34. The third-order valence-corrected chi connectivity index (χ3v) is 1.68. The Morgan fingerprint density at radius 1 is 1.50 bits per heavy atom. The SMILES string of the molecule is CNn1ccc(=O)n2ccnc12. The Balaban J connectivity index is 2.92. The van der Waals surface area contributed by atoms with Crippen LogP contribution in [-0.4, -0.2) is 21.1 Å². The smallest absolute Gasteiger partial charge is 0.259 e. The van der Waals surface area contributed by atoms with Gasteiger partial charge in [0.15, 0.2) is 0 Å². The summed E-state index contributed by atoms with van der Waals surface area (Å²) in [5.74, 6) is 0.588. The molecule has 0 aliphatic carbocycles. The lowest BCUT2D eigenvalue weighted by Crippen LogP contribution is -2.19. The van der Waals surface area contributed by atoms with Crippen molar-refractivity contribution in [2.24, 2.45) is 0 Å². The zero-order valence-electron chi connectivity index (χ0n) is 6.56. The average molecular weight is 164 g/mol. The summed E-state index contributed by atoms with van der Waals surface area (Å²) in [6.45, 7) is 0. The third-order valence-electron chi connectivity index (χ3n) is 1.68. The highest BCUT2D eigenvalue weighted by molar-refractivity contribution is 5.29. The summed E-state index contributed by atoms with van der Waals surface area (Å²) >= 11 is 0. The second-order valence-electron chi connectivity index (χ2n) is 2.34. The maximum atomic E-state index is 11.2. The molecule has 0 aromatic carbocycles. The van der Waals surface area contributed by atoms with Gasteiger partial charge in [0.05, 0.1) is 0 Å². The second kappa shape index (κ2) is 2.37. The van der Waals surface area contributed by atoms with E-state index in [0.717, 1.165) is 0 Å². The van der Waals surface area contributed by atoms with Crippen LogP contribution in [0.15, 0.2) is 29.5 Å². The van der Waals surface area contributed by atoms with E-state index in [0.29, 0.717) is 5.78 Å². The third kappa shape index (κ3) is 0.795. The average Bonchev–Trinajstić information content (AvgIpc) is 2.54. The maximum absolute atomic E-state index is 11.2. The standard InChI is InChI=1S/C7H8N4O/c1-8-11-4-2-6(12)10-5-3-9-7(10)11/h2-5,8H,1H3. The molecule has 2 heterocycles. The number of aromatic nitrogens is 3. The molecule has 0 bridgehead atoms. The van der Waals surface area contributed by atoms with Crippen molar-refractivity contribution in [1.29, 1.82) is 0 Å². The van der Waals surface area contributed by atoms with E-state index in [9.17, 15) is 4.79 Å². The molecule has 0 aliphatic heterocycles. The van der Waals surface area contributed by atoms with Crippen molar-refractivity contribution in [3.05, 3.63) is 35.0 Å². The highest BCUT2D eigenvalue weighted by Crippen LogP contribution is 1.92. The molecule has 5 nitrogen and oxygen atoms in total. The van der Waals surface area contributed by atoms with E-state index in [2.05, 4.69) is 10.4 Å². The van der Waals surface area contributed by atoms with E-state index in [4.69, 9.17) is 0 Å². The molecule has 12 heavy (non-hydrogen) atoms. The van der Waals surface area contributed by atoms with Crippen LogP contribution in [0.4, 0.5) is 0 Å². The summed E-state index contributed by atoms with van der Waals surface area (Å²) in [4.78, 5) is 15.2. The fourth-order valence-electron chi connectivity index (χ4n) is 1.11. The normalized spacial score (nSPS) is 10.4. The first-order chi connectivity index (χ1) is 5.83. The first-order valence-corrected chi connectivity index (χ1v) is 3.55. The van der Waals surface area contributed by atoms with E-state index in [-0.39, 0.29) is 5.56 Å². The van der Waals surface area contributed by atoms with Gasteiger partial charge >= 0.3 is 0 Å². The summed E-state index contributed by atoms with van der Waals surface area (Å²) in [6.07, 6.45) is 4.86. The van der Waals surface area contributed by atoms with Crippen molar-refractivity contribution in [1.82, 2.24) is 14.1 Å². The minimum absolute atomic E-state index is 0.0750. The highest BCUT2D eigenvalue weighted by atomic mass is 16.1. The molecule has 5 heteroatoms. The summed E-state index contributed by atoms with van der Waals surface area (Å²) in [6, 6.07) is 1.48. The Morgan fingerprint density at radius 3 is 3.08 bits per heavy atom. The van der Waals surface area contributed by atoms with Gasteiger partial charge < -0.3 is 5.43 Å². The van der Waals surface area contributed by atoms with Crippen LogP contribution in [0.3, 0.4) is 0 Å². The molecule has 0 atom stereocenters. The van der Waals surface area contributed by atoms with E-state index in [1.807, 2.05) is 0 Å². The molecule has 0 spiro atoms. The van der Waals surface area contributed by atoms with Gasteiger partial charge in [0, 0.05) is 31.7 Å². The zero-order chi connectivity index (χ0) is 8.55. The molecule has 0 saturated carbocycles. The summed E-state index contributed by atoms with van der Waals surface area (Å²) in [5, 5.41) is 0. The van der Waals surface area contributed by atoms with Crippen LogP contribution in [0, 0.1) is 0 Å². The largest absolute Gasteiger partial charge is 0.326 e. The lowest BCUT2D eigenvalue weighted by atomic mass is 10.6. The molecule has 0 fully saturated rings. The quantitative estimate of drug-likeness (QED) is 0.627. The van der Waals surface area contributed by atoms with Gasteiger partial charge in [-0.2, -0.15) is 0 Å². The molecule has 2 aromatic heterocycles. The van der Waals surface area contributed by atoms with Gasteiger partial charge in [-0.25, -0.2) is 9.66 Å². The number of hydrogen-bond donors (Lipinski definition) is 1. The number of rotatable bonds is 1. The molecule has 2 aromatic rings. The van der Waals surface area contributed by atoms with Crippen LogP contribution in [0.2, 0.25) is 0 Å². The van der Waals surface area contributed by atoms with Gasteiger partial charge in [-0.3, -0.25) is 9.20 Å². The van der Waals surface area contributed by atoms with E-state index < -0.39 is 0 Å². The van der Waals surface area contributed by atoms with Crippen LogP contribution < -0.4 is 11.0 Å². The number of fused-ring (bicyclic) bond motifs is 1. The molecule has 0 amide bonds. The van der Waals surface area contributed by atoms with Gasteiger partial charge in [-0.1, -0.05) is 0 Å². The Morgan fingerprint density at radius 2 is 2.33 bits per heavy atom. The molecule has 0 saturated heterocycles. The van der Waals surface area contributed by atoms with Crippen LogP contribution in [-0.2, 0) is 0 Å². The number of nitrogens with one attached hydrogen (secondary N) is 1. The number of hydrogen-bond acceptors (Lipinski definition) is 3. The highest BCUT2D eigenvalue weighted by Gasteiger charge is 1.99. The van der Waals surface area contributed by atoms with E-state index in [1.165, 1.54) is 10.5 Å². The monoisotopic (exact) mass is 164 g/mol. The Hall–Kier alpha value is -1.78. The molecule has 62 valence electrons. The van der Waals surface area contributed by atoms with Crippen LogP contribution >= 0.6 is 0 Å². The number of nitrogens with zero attached hydrogens (tertiary/aromatic N) is 3. The first kappa shape index (κ1) is 6.90. The molecule has 2 rings (SSSR count). The predicted octanol–water partition coefficient (Wildman–Crippen LogP) is -0.331. The van der Waals surface area contributed by atoms with Crippen molar-refractivity contribution in [3.8, 4) is 0 Å². The number of imidazole rings is 1. The Kier molecular flexibility index (Phi) is 1.36. The topological polar surface area (TPSA) is 51.3 Å². The summed E-state index contributed by atoms with van der Waals surface area (Å²) < 4.78 is 3.14. The van der Waals surface area contributed by atoms with Gasteiger partial charge in [-0.05, 0) is 0 Å². The van der Waals surface area contributed by atoms with Gasteiger partial charge in [-0.15, -0.1) is 0 Å². The van der Waals surface area contributed by atoms with Gasteiger partial charge in [0.2, 0.25) is 5.78 Å². The van der Waals surface area contributed by atoms with Crippen molar-refractivity contribution in [2.75, 3.05) is 12.5 Å². The molecule has 0 radical (unpaired) electrons. The summed E-state index contributed by atoms with van der Waals surface area (Å²) in [5.41, 5.74) is 2.80. The van der Waals surface area contributed by atoms with Crippen LogP contribution in [0.5, 0.6) is 0 Å². The van der Waals surface area contributed by atoms with Crippen LogP contribution in [0.25, 0.3) is 5.78 Å². The van der Waals surface area contributed by atoms with E-state index in [1.54, 1.807) is 30.3 Å². The predicted molar refractivity (Wildman–Crippen MR) is 44.7 cm³/mol. The maximum Gasteiger partial charge on any atom is 0.259 e. The Bertz CT molecular complexity index is 456. The zero-order valence-corrected chi connectivity index (χ0v) is 6.56. The van der Waals surface area contributed by atoms with Crippen molar-refractivity contribution in [2.45, 2.75) is 0 Å². The molecule has 0 unspecified atom stereocenters. The minimum atomic E-state index is -0.0750. The molecular weight excluding hydrogens is 156 g/mol. The summed E-state index contributed by atoms with van der Waals surface area (Å²) in [7, 11) is 1.76. The first-order valence-electron chi connectivity index (χ1n) is 3.55. The molecular formula is C7H8N4O. The van der Waals surface area contributed by atoms with Crippen molar-refractivity contribution in [3.63, 3.8) is 0 Å². The molecule has 1 N–H and O–H groups in total. The van der Waals surface area contributed by atoms with Crippen molar-refractivity contribution < 1.29 is 0 Å². The van der Waals surface area contributed by atoms with E-state index >= 15 is 0 Å². The van der Waals surface area contributed by atoms with Gasteiger partial charge in [0.1, 0.15) is 0 Å². The molecule has 0 aliphatic rings. The fourth-order valence-corrected chi connectivity index (χ4v) is 1.11. The lowest BCUT2D eigenvalue weighted by molar-refractivity contribution is 0.876. The van der Waals surface area contributed by atoms with Gasteiger partial charge in [0.25, 0.3) is 5.56 Å². The van der Waals surface area contributed by atoms with Crippen molar-refractivity contribution >= 4 is 5.78 Å².